The second kappa shape index (κ2) is 9.35. The first-order valence-electron chi connectivity index (χ1n) is 10.4. The first kappa shape index (κ1) is 23.2. The number of nitrogens with one attached hydrogen (secondary N) is 1. The fourth-order valence-electron chi connectivity index (χ4n) is 3.47. The number of pyridine rings is 1. The summed E-state index contributed by atoms with van der Waals surface area (Å²) in [5.41, 5.74) is 5.70. The maximum absolute atomic E-state index is 13.5. The molecule has 3 heterocycles. The van der Waals surface area contributed by atoms with Crippen LogP contribution < -0.4 is 21.9 Å². The molecule has 11 heteroatoms. The highest BCUT2D eigenvalue weighted by molar-refractivity contribution is 6.08. The summed E-state index contributed by atoms with van der Waals surface area (Å²) >= 11 is 0. The minimum absolute atomic E-state index is 0.0613. The lowest BCUT2D eigenvalue weighted by atomic mass is 10.2. The zero-order chi connectivity index (χ0) is 23.6. The fraction of sp³-hybridized carbons (Fsp3) is 0.476. The average molecular weight is 444 g/mol. The van der Waals surface area contributed by atoms with Gasteiger partial charge in [0.05, 0.1) is 18.4 Å². The van der Waals surface area contributed by atoms with Gasteiger partial charge in [-0.1, -0.05) is 13.8 Å². The summed E-state index contributed by atoms with van der Waals surface area (Å²) in [7, 11) is 1.49. The van der Waals surface area contributed by atoms with Gasteiger partial charge in [-0.3, -0.25) is 24.0 Å². The summed E-state index contributed by atoms with van der Waals surface area (Å²) in [4.78, 5) is 46.4. The van der Waals surface area contributed by atoms with Gasteiger partial charge < -0.3 is 10.5 Å². The quantitative estimate of drug-likeness (QED) is 0.536. The molecule has 0 aliphatic rings. The Morgan fingerprint density at radius 1 is 1.25 bits per heavy atom. The van der Waals surface area contributed by atoms with Gasteiger partial charge in [0.25, 0.3) is 11.5 Å². The third-order valence-corrected chi connectivity index (χ3v) is 4.97. The van der Waals surface area contributed by atoms with Crippen LogP contribution in [0.3, 0.4) is 0 Å². The van der Waals surface area contributed by atoms with E-state index in [1.807, 2.05) is 27.7 Å². The average Bonchev–Trinajstić information content (AvgIpc) is 3.16. The number of nitrogens with zero attached hydrogens (tertiary/aromatic N) is 5. The topological polar surface area (TPSA) is 141 Å². The lowest BCUT2D eigenvalue weighted by Crippen LogP contribution is -2.43. The molecule has 1 amide bonds. The molecule has 32 heavy (non-hydrogen) atoms. The van der Waals surface area contributed by atoms with Gasteiger partial charge in [0, 0.05) is 37.8 Å². The van der Waals surface area contributed by atoms with Crippen molar-refractivity contribution in [3.8, 4) is 0 Å². The molecule has 0 saturated heterocycles. The van der Waals surface area contributed by atoms with Crippen LogP contribution in [0.2, 0.25) is 0 Å². The Hall–Kier alpha value is -3.47. The van der Waals surface area contributed by atoms with Crippen LogP contribution in [0.1, 0.15) is 44.1 Å². The smallest absolute Gasteiger partial charge is 0.330 e. The van der Waals surface area contributed by atoms with Crippen molar-refractivity contribution in [2.45, 2.75) is 40.3 Å². The summed E-state index contributed by atoms with van der Waals surface area (Å²) < 4.78 is 8.16. The summed E-state index contributed by atoms with van der Waals surface area (Å²) in [5.74, 6) is -0.458. The van der Waals surface area contributed by atoms with Gasteiger partial charge in [0.1, 0.15) is 5.82 Å². The zero-order valence-corrected chi connectivity index (χ0v) is 19.0. The third-order valence-electron chi connectivity index (χ3n) is 4.97. The van der Waals surface area contributed by atoms with E-state index in [-0.39, 0.29) is 42.2 Å². The summed E-state index contributed by atoms with van der Waals surface area (Å²) in [5, 5.41) is 5.02. The van der Waals surface area contributed by atoms with Crippen LogP contribution >= 0.6 is 0 Å². The van der Waals surface area contributed by atoms with Crippen molar-refractivity contribution in [1.82, 2.24) is 24.3 Å². The van der Waals surface area contributed by atoms with Crippen molar-refractivity contribution in [2.75, 3.05) is 30.9 Å². The van der Waals surface area contributed by atoms with Crippen LogP contribution in [0, 0.1) is 5.92 Å². The van der Waals surface area contributed by atoms with E-state index in [1.165, 1.54) is 22.8 Å². The predicted octanol–water partition coefficient (Wildman–Crippen LogP) is 1.39. The van der Waals surface area contributed by atoms with Crippen molar-refractivity contribution in [1.29, 1.82) is 0 Å². The van der Waals surface area contributed by atoms with Gasteiger partial charge in [0.15, 0.2) is 11.3 Å². The molecule has 3 aromatic rings. The lowest BCUT2D eigenvalue weighted by molar-refractivity contribution is 0.0975. The number of H-pyrrole nitrogens is 1. The maximum Gasteiger partial charge on any atom is 0.330 e. The molecule has 0 aliphatic heterocycles. The summed E-state index contributed by atoms with van der Waals surface area (Å²) in [6.07, 6.45) is 3.09. The van der Waals surface area contributed by atoms with Crippen LogP contribution in [0.5, 0.6) is 0 Å². The molecule has 3 aromatic heterocycles. The van der Waals surface area contributed by atoms with E-state index < -0.39 is 17.2 Å². The van der Waals surface area contributed by atoms with Gasteiger partial charge in [-0.2, -0.15) is 5.10 Å². The molecule has 0 bridgehead atoms. The second-order valence-corrected chi connectivity index (χ2v) is 8.27. The number of ether oxygens (including phenoxy) is 1. The van der Waals surface area contributed by atoms with Crippen molar-refractivity contribution in [3.05, 3.63) is 44.9 Å². The van der Waals surface area contributed by atoms with Crippen LogP contribution in [0.4, 0.5) is 11.5 Å². The van der Waals surface area contributed by atoms with E-state index in [9.17, 15) is 14.4 Å². The van der Waals surface area contributed by atoms with Crippen LogP contribution in [-0.4, -0.2) is 50.5 Å². The second-order valence-electron chi connectivity index (χ2n) is 8.27. The number of methoxy groups -OCH3 is 1. The number of aromatic amines is 1. The van der Waals surface area contributed by atoms with Gasteiger partial charge in [-0.05, 0) is 25.8 Å². The van der Waals surface area contributed by atoms with Crippen LogP contribution in [0.25, 0.3) is 11.0 Å². The first-order chi connectivity index (χ1) is 15.1. The Morgan fingerprint density at radius 3 is 2.59 bits per heavy atom. The molecule has 0 radical (unpaired) electrons. The zero-order valence-electron chi connectivity index (χ0n) is 19.0. The monoisotopic (exact) mass is 443 g/mol. The summed E-state index contributed by atoms with van der Waals surface area (Å²) in [6.45, 7) is 8.33. The van der Waals surface area contributed by atoms with E-state index in [0.717, 1.165) is 0 Å². The molecular formula is C21H29N7O4. The molecule has 0 atom stereocenters. The number of fused-ring (bicyclic) bond motifs is 1. The minimum Gasteiger partial charge on any atom is -0.383 e. The van der Waals surface area contributed by atoms with Crippen LogP contribution in [0.15, 0.2) is 28.0 Å². The van der Waals surface area contributed by atoms with Crippen molar-refractivity contribution in [3.63, 3.8) is 0 Å². The normalized spacial score (nSPS) is 11.6. The highest BCUT2D eigenvalue weighted by Gasteiger charge is 2.26. The van der Waals surface area contributed by atoms with E-state index in [4.69, 9.17) is 10.5 Å². The van der Waals surface area contributed by atoms with Crippen LogP contribution in [-0.2, 0) is 11.3 Å². The van der Waals surface area contributed by atoms with Gasteiger partial charge in [-0.25, -0.2) is 14.5 Å². The Kier molecular flexibility index (Phi) is 6.78. The number of nitrogens with two attached hydrogens (primary N) is 1. The Morgan fingerprint density at radius 2 is 1.97 bits per heavy atom. The SMILES string of the molecule is COCCN(C(=O)c1cnc2c(cnn2C(C)C)c1)c1c(N)n(CC(C)C)c(=O)[nH]c1=O. The molecule has 0 unspecified atom stereocenters. The molecule has 3 N–H and O–H groups in total. The number of carbonyl (C=O) groups excluding carboxylic acids is 1. The van der Waals surface area contributed by atoms with E-state index in [0.29, 0.717) is 17.6 Å². The molecule has 172 valence electrons. The van der Waals surface area contributed by atoms with E-state index in [1.54, 1.807) is 16.9 Å². The molecule has 0 fully saturated rings. The molecule has 11 nitrogen and oxygen atoms in total. The molecule has 0 saturated carbocycles. The number of amides is 1. The third kappa shape index (κ3) is 4.42. The van der Waals surface area contributed by atoms with Gasteiger partial charge in [-0.15, -0.1) is 0 Å². The first-order valence-corrected chi connectivity index (χ1v) is 10.4. The number of carbonyl (C=O) groups is 1. The molecule has 0 aromatic carbocycles. The number of nitrogen functional groups attached to an aromatic ring is 1. The Balaban J connectivity index is 2.11. The number of hydrogen-bond donors (Lipinski definition) is 2. The van der Waals surface area contributed by atoms with Crippen molar-refractivity contribution >= 4 is 28.4 Å². The maximum atomic E-state index is 13.5. The number of aromatic nitrogens is 5. The number of hydrogen-bond acceptors (Lipinski definition) is 7. The summed E-state index contributed by atoms with van der Waals surface area (Å²) in [6, 6.07) is 1.78. The predicted molar refractivity (Wildman–Crippen MR) is 122 cm³/mol. The Labute approximate surface area is 184 Å². The van der Waals surface area contributed by atoms with E-state index in [2.05, 4.69) is 15.1 Å². The lowest BCUT2D eigenvalue weighted by Gasteiger charge is -2.24. The highest BCUT2D eigenvalue weighted by Crippen LogP contribution is 2.22. The molecule has 0 aliphatic carbocycles. The van der Waals surface area contributed by atoms with Crippen molar-refractivity contribution < 1.29 is 9.53 Å². The fourth-order valence-corrected chi connectivity index (χ4v) is 3.47. The highest BCUT2D eigenvalue weighted by atomic mass is 16.5. The van der Waals surface area contributed by atoms with Crippen molar-refractivity contribution in [2.24, 2.45) is 5.92 Å². The molecule has 0 spiro atoms. The Bertz CT molecular complexity index is 1240. The number of rotatable bonds is 8. The van der Waals surface area contributed by atoms with Gasteiger partial charge in [0.2, 0.25) is 0 Å². The van der Waals surface area contributed by atoms with E-state index >= 15 is 0 Å². The molecular weight excluding hydrogens is 414 g/mol. The molecule has 3 rings (SSSR count). The van der Waals surface area contributed by atoms with Gasteiger partial charge >= 0.3 is 5.69 Å². The standard InChI is InChI=1S/C21H29N7O4/c1-12(2)11-27-17(22)16(19(29)25-21(27)31)26(6-7-32-5)20(30)15-8-14-10-24-28(13(3)4)18(14)23-9-15/h8-10,12-13H,6-7,11,22H2,1-5H3,(H,25,29,31). The minimum atomic E-state index is -0.737. The largest absolute Gasteiger partial charge is 0.383 e. The number of anilines is 2.